The Morgan fingerprint density at radius 1 is 1.60 bits per heavy atom. The van der Waals surface area contributed by atoms with Gasteiger partial charge in [-0.2, -0.15) is 5.10 Å². The summed E-state index contributed by atoms with van der Waals surface area (Å²) in [7, 11) is 3.11. The van der Waals surface area contributed by atoms with Crippen molar-refractivity contribution in [2.24, 2.45) is 7.05 Å². The molecule has 1 aromatic rings. The van der Waals surface area contributed by atoms with Gasteiger partial charge in [-0.3, -0.25) is 9.48 Å². The molecule has 0 bridgehead atoms. The summed E-state index contributed by atoms with van der Waals surface area (Å²) >= 11 is 0. The molecule has 1 unspecified atom stereocenters. The molecule has 1 atom stereocenters. The van der Waals surface area contributed by atoms with Crippen molar-refractivity contribution in [1.82, 2.24) is 9.78 Å². The molecule has 0 saturated carbocycles. The first-order chi connectivity index (χ1) is 6.97. The first kappa shape index (κ1) is 11.7. The fraction of sp³-hybridized carbons (Fsp3) is 0.600. The molecule has 1 rings (SSSR count). The number of aryl methyl sites for hydroxylation is 2. The third-order valence-corrected chi connectivity index (χ3v) is 2.49. The predicted molar refractivity (Wildman–Crippen MR) is 54.3 cm³/mol. The van der Waals surface area contributed by atoms with Crippen molar-refractivity contribution in [3.05, 3.63) is 17.0 Å². The Balaban J connectivity index is 2.90. The van der Waals surface area contributed by atoms with Gasteiger partial charge in [0.2, 0.25) is 0 Å². The summed E-state index contributed by atoms with van der Waals surface area (Å²) in [6.07, 6.45) is -0.879. The molecule has 1 N–H and O–H groups in total. The third kappa shape index (κ3) is 2.36. The van der Waals surface area contributed by atoms with Crippen LogP contribution in [0, 0.1) is 13.8 Å². The molecule has 0 aliphatic heterocycles. The van der Waals surface area contributed by atoms with Crippen LogP contribution in [0.3, 0.4) is 0 Å². The van der Waals surface area contributed by atoms with Crippen LogP contribution in [0.25, 0.3) is 0 Å². The highest BCUT2D eigenvalue weighted by molar-refractivity contribution is 5.70. The number of aromatic nitrogens is 2. The summed E-state index contributed by atoms with van der Waals surface area (Å²) in [6, 6.07) is 0. The predicted octanol–water partition coefficient (Wildman–Crippen LogP) is 0.633. The van der Waals surface area contributed by atoms with Crippen LogP contribution in [0.2, 0.25) is 0 Å². The van der Waals surface area contributed by atoms with E-state index in [-0.39, 0.29) is 6.42 Å². The number of hydrogen-bond acceptors (Lipinski definition) is 4. The Kier molecular flexibility index (Phi) is 3.47. The van der Waals surface area contributed by atoms with Gasteiger partial charge in [-0.1, -0.05) is 0 Å². The Morgan fingerprint density at radius 3 is 2.60 bits per heavy atom. The molecule has 1 aromatic heterocycles. The Morgan fingerprint density at radius 2 is 2.20 bits per heavy atom. The van der Waals surface area contributed by atoms with E-state index in [9.17, 15) is 9.90 Å². The van der Waals surface area contributed by atoms with E-state index in [0.717, 1.165) is 11.4 Å². The van der Waals surface area contributed by atoms with Crippen molar-refractivity contribution in [1.29, 1.82) is 0 Å². The molecular weight excluding hydrogens is 196 g/mol. The van der Waals surface area contributed by atoms with Gasteiger partial charge in [-0.25, -0.2) is 0 Å². The van der Waals surface area contributed by atoms with Gasteiger partial charge in [-0.05, 0) is 13.8 Å². The van der Waals surface area contributed by atoms with Crippen LogP contribution in [-0.4, -0.2) is 28.0 Å². The van der Waals surface area contributed by atoms with Crippen LogP contribution >= 0.6 is 0 Å². The van der Waals surface area contributed by atoms with Gasteiger partial charge in [0, 0.05) is 18.3 Å². The number of ether oxygens (including phenoxy) is 1. The highest BCUT2D eigenvalue weighted by Crippen LogP contribution is 2.23. The largest absolute Gasteiger partial charge is 0.469 e. The second kappa shape index (κ2) is 4.44. The van der Waals surface area contributed by atoms with Crippen molar-refractivity contribution in [3.63, 3.8) is 0 Å². The minimum atomic E-state index is -0.842. The van der Waals surface area contributed by atoms with E-state index in [2.05, 4.69) is 9.84 Å². The van der Waals surface area contributed by atoms with Crippen LogP contribution in [-0.2, 0) is 16.6 Å². The zero-order chi connectivity index (χ0) is 11.6. The van der Waals surface area contributed by atoms with Crippen molar-refractivity contribution in [3.8, 4) is 0 Å². The zero-order valence-electron chi connectivity index (χ0n) is 9.44. The van der Waals surface area contributed by atoms with E-state index in [4.69, 9.17) is 0 Å². The summed E-state index contributed by atoms with van der Waals surface area (Å²) in [5.41, 5.74) is 2.32. The quantitative estimate of drug-likeness (QED) is 0.746. The van der Waals surface area contributed by atoms with Crippen molar-refractivity contribution < 1.29 is 14.6 Å². The maximum absolute atomic E-state index is 11.0. The zero-order valence-corrected chi connectivity index (χ0v) is 9.44. The van der Waals surface area contributed by atoms with Crippen molar-refractivity contribution >= 4 is 5.97 Å². The number of esters is 1. The molecule has 0 radical (unpaired) electrons. The normalized spacial score (nSPS) is 12.6. The Hall–Kier alpha value is -1.36. The first-order valence-corrected chi connectivity index (χ1v) is 4.72. The number of carbonyl (C=O) groups is 1. The standard InChI is InChI=1S/C10H16N2O3/c1-6-10(7(2)12(3)11-6)8(13)5-9(14)15-4/h8,13H,5H2,1-4H3. The first-order valence-electron chi connectivity index (χ1n) is 4.72. The van der Waals surface area contributed by atoms with Gasteiger partial charge in [-0.15, -0.1) is 0 Å². The molecule has 5 nitrogen and oxygen atoms in total. The van der Waals surface area contributed by atoms with Crippen molar-refractivity contribution in [2.45, 2.75) is 26.4 Å². The molecule has 15 heavy (non-hydrogen) atoms. The molecule has 0 aromatic carbocycles. The van der Waals surface area contributed by atoms with Crippen LogP contribution in [0.5, 0.6) is 0 Å². The smallest absolute Gasteiger partial charge is 0.308 e. The lowest BCUT2D eigenvalue weighted by atomic mass is 10.1. The number of aliphatic hydroxyl groups excluding tert-OH is 1. The highest BCUT2D eigenvalue weighted by Gasteiger charge is 2.20. The lowest BCUT2D eigenvalue weighted by molar-refractivity contribution is -0.142. The van der Waals surface area contributed by atoms with Crippen LogP contribution < -0.4 is 0 Å². The fourth-order valence-corrected chi connectivity index (χ4v) is 1.62. The molecule has 0 aliphatic rings. The molecular formula is C10H16N2O3. The van der Waals surface area contributed by atoms with E-state index < -0.39 is 12.1 Å². The summed E-state index contributed by atoms with van der Waals surface area (Å²) < 4.78 is 6.19. The SMILES string of the molecule is COC(=O)CC(O)c1c(C)nn(C)c1C. The average molecular weight is 212 g/mol. The summed E-state index contributed by atoms with van der Waals surface area (Å²) in [6.45, 7) is 3.67. The van der Waals surface area contributed by atoms with Gasteiger partial charge in [0.15, 0.2) is 0 Å². The molecule has 0 aliphatic carbocycles. The molecule has 0 amide bonds. The molecule has 1 heterocycles. The van der Waals surface area contributed by atoms with E-state index in [1.165, 1.54) is 7.11 Å². The van der Waals surface area contributed by atoms with Gasteiger partial charge < -0.3 is 9.84 Å². The highest BCUT2D eigenvalue weighted by atomic mass is 16.5. The van der Waals surface area contributed by atoms with Gasteiger partial charge in [0.1, 0.15) is 0 Å². The molecule has 0 saturated heterocycles. The molecule has 84 valence electrons. The molecule has 0 fully saturated rings. The monoisotopic (exact) mass is 212 g/mol. The molecule has 0 spiro atoms. The lowest BCUT2D eigenvalue weighted by Gasteiger charge is -2.09. The molecule has 5 heteroatoms. The van der Waals surface area contributed by atoms with Crippen LogP contribution in [0.4, 0.5) is 0 Å². The Labute approximate surface area is 88.7 Å². The van der Waals surface area contributed by atoms with Crippen LogP contribution in [0.15, 0.2) is 0 Å². The van der Waals surface area contributed by atoms with E-state index >= 15 is 0 Å². The number of nitrogens with zero attached hydrogens (tertiary/aromatic N) is 2. The number of methoxy groups -OCH3 is 1. The van der Waals surface area contributed by atoms with E-state index in [1.807, 2.05) is 13.8 Å². The summed E-state index contributed by atoms with van der Waals surface area (Å²) in [5.74, 6) is -0.426. The lowest BCUT2D eigenvalue weighted by Crippen LogP contribution is -2.09. The van der Waals surface area contributed by atoms with Gasteiger partial charge in [0.05, 0.1) is 25.3 Å². The van der Waals surface area contributed by atoms with E-state index in [1.54, 1.807) is 11.7 Å². The van der Waals surface area contributed by atoms with Gasteiger partial charge >= 0.3 is 5.97 Å². The van der Waals surface area contributed by atoms with Crippen molar-refractivity contribution in [2.75, 3.05) is 7.11 Å². The minimum Gasteiger partial charge on any atom is -0.469 e. The van der Waals surface area contributed by atoms with E-state index in [0.29, 0.717) is 5.56 Å². The number of carbonyl (C=O) groups excluding carboxylic acids is 1. The average Bonchev–Trinajstić information content (AvgIpc) is 2.41. The maximum atomic E-state index is 11.0. The number of aliphatic hydroxyl groups is 1. The second-order valence-electron chi connectivity index (χ2n) is 3.50. The second-order valence-corrected chi connectivity index (χ2v) is 3.50. The summed E-state index contributed by atoms with van der Waals surface area (Å²) in [4.78, 5) is 11.0. The van der Waals surface area contributed by atoms with Crippen LogP contribution in [0.1, 0.15) is 29.5 Å². The third-order valence-electron chi connectivity index (χ3n) is 2.49. The fourth-order valence-electron chi connectivity index (χ4n) is 1.62. The Bertz CT molecular complexity index is 371. The number of rotatable bonds is 3. The summed E-state index contributed by atoms with van der Waals surface area (Å²) in [5, 5.41) is 14.0. The maximum Gasteiger partial charge on any atom is 0.308 e. The van der Waals surface area contributed by atoms with Gasteiger partial charge in [0.25, 0.3) is 0 Å². The topological polar surface area (TPSA) is 64.3 Å². The minimum absolute atomic E-state index is 0.0378. The number of hydrogen-bond donors (Lipinski definition) is 1.